The number of H-pyrrole nitrogens is 1. The molecule has 0 saturated carbocycles. The number of benzene rings is 2. The molecule has 0 atom stereocenters. The fourth-order valence-electron chi connectivity index (χ4n) is 2.04. The van der Waals surface area contributed by atoms with Crippen molar-refractivity contribution >= 4 is 17.0 Å². The van der Waals surface area contributed by atoms with Gasteiger partial charge in [-0.2, -0.15) is 0 Å². The molecular weight excluding hydrogens is 255 g/mol. The van der Waals surface area contributed by atoms with Crippen molar-refractivity contribution in [2.75, 3.05) is 5.32 Å². The largest absolute Gasteiger partial charge is 0.352 e. The molecule has 3 rings (SSSR count). The Balaban J connectivity index is 1.72. The van der Waals surface area contributed by atoms with Crippen molar-refractivity contribution in [3.63, 3.8) is 0 Å². The standard InChI is InChI=1S/C15H15FN4/c16-12-5-6-13-14(7-12)20-15(19-13)18-9-11-3-1-10(8-17)2-4-11/h1-7H,8-9,17H2,(H2,18,19,20). The SMILES string of the molecule is NCc1ccc(CNc2nc3ccc(F)cc3[nH]2)cc1. The van der Waals surface area contributed by atoms with Gasteiger partial charge in [0.25, 0.3) is 0 Å². The Morgan fingerprint density at radius 1 is 1.10 bits per heavy atom. The molecule has 3 aromatic rings. The van der Waals surface area contributed by atoms with Gasteiger partial charge in [0.05, 0.1) is 11.0 Å². The smallest absolute Gasteiger partial charge is 0.201 e. The summed E-state index contributed by atoms with van der Waals surface area (Å²) in [5, 5.41) is 3.19. The highest BCUT2D eigenvalue weighted by atomic mass is 19.1. The van der Waals surface area contributed by atoms with E-state index in [1.165, 1.54) is 12.1 Å². The minimum atomic E-state index is -0.273. The number of rotatable bonds is 4. The fraction of sp³-hybridized carbons (Fsp3) is 0.133. The Hall–Kier alpha value is -2.40. The summed E-state index contributed by atoms with van der Waals surface area (Å²) in [7, 11) is 0. The Morgan fingerprint density at radius 2 is 1.85 bits per heavy atom. The Kier molecular flexibility index (Phi) is 3.35. The molecule has 102 valence electrons. The fourth-order valence-corrected chi connectivity index (χ4v) is 2.04. The van der Waals surface area contributed by atoms with Gasteiger partial charge in [-0.1, -0.05) is 24.3 Å². The van der Waals surface area contributed by atoms with Crippen LogP contribution in [0.15, 0.2) is 42.5 Å². The first-order valence-electron chi connectivity index (χ1n) is 6.41. The van der Waals surface area contributed by atoms with Crippen molar-refractivity contribution in [3.8, 4) is 0 Å². The van der Waals surface area contributed by atoms with Crippen LogP contribution in [0.1, 0.15) is 11.1 Å². The van der Waals surface area contributed by atoms with Gasteiger partial charge in [-0.3, -0.25) is 0 Å². The van der Waals surface area contributed by atoms with Gasteiger partial charge in [-0.05, 0) is 29.3 Å². The summed E-state index contributed by atoms with van der Waals surface area (Å²) >= 11 is 0. The Bertz CT molecular complexity index is 718. The van der Waals surface area contributed by atoms with Crippen LogP contribution in [0.4, 0.5) is 10.3 Å². The second-order valence-corrected chi connectivity index (χ2v) is 4.62. The van der Waals surface area contributed by atoms with Crippen LogP contribution in [0.25, 0.3) is 11.0 Å². The van der Waals surface area contributed by atoms with E-state index in [0.29, 0.717) is 24.6 Å². The van der Waals surface area contributed by atoms with E-state index >= 15 is 0 Å². The zero-order valence-corrected chi connectivity index (χ0v) is 10.9. The average Bonchev–Trinajstić information content (AvgIpc) is 2.87. The van der Waals surface area contributed by atoms with Crippen LogP contribution in [0, 0.1) is 5.82 Å². The number of aromatic amines is 1. The quantitative estimate of drug-likeness (QED) is 0.683. The van der Waals surface area contributed by atoms with Gasteiger partial charge in [0.1, 0.15) is 5.82 Å². The maximum absolute atomic E-state index is 13.1. The van der Waals surface area contributed by atoms with Crippen LogP contribution in [-0.4, -0.2) is 9.97 Å². The topological polar surface area (TPSA) is 66.7 Å². The predicted molar refractivity (Wildman–Crippen MR) is 77.7 cm³/mol. The normalized spacial score (nSPS) is 10.9. The van der Waals surface area contributed by atoms with Crippen LogP contribution < -0.4 is 11.1 Å². The summed E-state index contributed by atoms with van der Waals surface area (Å²) in [4.78, 5) is 7.40. The lowest BCUT2D eigenvalue weighted by Gasteiger charge is -2.04. The molecule has 1 aromatic heterocycles. The van der Waals surface area contributed by atoms with Crippen LogP contribution >= 0.6 is 0 Å². The molecule has 0 aliphatic carbocycles. The molecule has 0 spiro atoms. The van der Waals surface area contributed by atoms with Gasteiger partial charge in [-0.25, -0.2) is 9.37 Å². The summed E-state index contributed by atoms with van der Waals surface area (Å²) in [6.45, 7) is 1.19. The molecule has 0 unspecified atom stereocenters. The first kappa shape index (κ1) is 12.6. The summed E-state index contributed by atoms with van der Waals surface area (Å²) < 4.78 is 13.1. The number of nitrogens with two attached hydrogens (primary N) is 1. The molecular formula is C15H15FN4. The average molecular weight is 270 g/mol. The van der Waals surface area contributed by atoms with Gasteiger partial charge in [-0.15, -0.1) is 0 Å². The summed E-state index contributed by atoms with van der Waals surface area (Å²) in [6, 6.07) is 12.6. The van der Waals surface area contributed by atoms with Crippen molar-refractivity contribution in [2.45, 2.75) is 13.1 Å². The number of hydrogen-bond donors (Lipinski definition) is 3. The number of fused-ring (bicyclic) bond motifs is 1. The van der Waals surface area contributed by atoms with Gasteiger partial charge in [0.15, 0.2) is 0 Å². The minimum absolute atomic E-state index is 0.273. The number of halogens is 1. The molecule has 0 fully saturated rings. The van der Waals surface area contributed by atoms with Gasteiger partial charge in [0.2, 0.25) is 5.95 Å². The molecule has 0 bridgehead atoms. The van der Waals surface area contributed by atoms with Gasteiger partial charge < -0.3 is 16.0 Å². The third-order valence-electron chi connectivity index (χ3n) is 3.16. The summed E-state index contributed by atoms with van der Waals surface area (Å²) in [5.41, 5.74) is 9.23. The summed E-state index contributed by atoms with van der Waals surface area (Å²) in [6.07, 6.45) is 0. The molecule has 0 aliphatic rings. The van der Waals surface area contributed by atoms with Crippen molar-refractivity contribution < 1.29 is 4.39 Å². The van der Waals surface area contributed by atoms with Crippen molar-refractivity contribution in [2.24, 2.45) is 5.73 Å². The van der Waals surface area contributed by atoms with E-state index in [2.05, 4.69) is 15.3 Å². The lowest BCUT2D eigenvalue weighted by atomic mass is 10.1. The van der Waals surface area contributed by atoms with E-state index in [1.54, 1.807) is 6.07 Å². The zero-order valence-electron chi connectivity index (χ0n) is 10.9. The predicted octanol–water partition coefficient (Wildman–Crippen LogP) is 2.77. The molecule has 2 aromatic carbocycles. The lowest BCUT2D eigenvalue weighted by Crippen LogP contribution is -2.01. The Labute approximate surface area is 115 Å². The van der Waals surface area contributed by atoms with Gasteiger partial charge >= 0.3 is 0 Å². The Morgan fingerprint density at radius 3 is 2.60 bits per heavy atom. The van der Waals surface area contributed by atoms with E-state index in [1.807, 2.05) is 24.3 Å². The minimum Gasteiger partial charge on any atom is -0.352 e. The molecule has 4 N–H and O–H groups in total. The third kappa shape index (κ3) is 2.62. The number of nitrogens with one attached hydrogen (secondary N) is 2. The monoisotopic (exact) mass is 270 g/mol. The number of imidazole rings is 1. The molecule has 5 heteroatoms. The molecule has 20 heavy (non-hydrogen) atoms. The van der Waals surface area contributed by atoms with E-state index in [4.69, 9.17) is 5.73 Å². The molecule has 0 saturated heterocycles. The van der Waals surface area contributed by atoms with Crippen LogP contribution in [-0.2, 0) is 13.1 Å². The van der Waals surface area contributed by atoms with Crippen LogP contribution in [0.2, 0.25) is 0 Å². The molecule has 4 nitrogen and oxygen atoms in total. The molecule has 1 heterocycles. The van der Waals surface area contributed by atoms with E-state index in [9.17, 15) is 4.39 Å². The lowest BCUT2D eigenvalue weighted by molar-refractivity contribution is 0.629. The highest BCUT2D eigenvalue weighted by Gasteiger charge is 2.03. The first-order valence-corrected chi connectivity index (χ1v) is 6.41. The highest BCUT2D eigenvalue weighted by molar-refractivity contribution is 5.77. The van der Waals surface area contributed by atoms with Crippen LogP contribution in [0.3, 0.4) is 0 Å². The van der Waals surface area contributed by atoms with E-state index in [-0.39, 0.29) is 5.82 Å². The van der Waals surface area contributed by atoms with Crippen molar-refractivity contribution in [1.29, 1.82) is 0 Å². The molecule has 0 aliphatic heterocycles. The van der Waals surface area contributed by atoms with E-state index < -0.39 is 0 Å². The van der Waals surface area contributed by atoms with E-state index in [0.717, 1.165) is 16.6 Å². The number of nitrogens with zero attached hydrogens (tertiary/aromatic N) is 1. The van der Waals surface area contributed by atoms with Gasteiger partial charge in [0, 0.05) is 13.1 Å². The second-order valence-electron chi connectivity index (χ2n) is 4.62. The maximum Gasteiger partial charge on any atom is 0.201 e. The molecule has 0 radical (unpaired) electrons. The number of aromatic nitrogens is 2. The number of anilines is 1. The molecule has 0 amide bonds. The second kappa shape index (κ2) is 5.30. The summed E-state index contributed by atoms with van der Waals surface area (Å²) in [5.74, 6) is 0.360. The zero-order chi connectivity index (χ0) is 13.9. The maximum atomic E-state index is 13.1. The number of hydrogen-bond acceptors (Lipinski definition) is 3. The highest BCUT2D eigenvalue weighted by Crippen LogP contribution is 2.16. The first-order chi connectivity index (χ1) is 9.74. The van der Waals surface area contributed by atoms with Crippen molar-refractivity contribution in [3.05, 3.63) is 59.4 Å². The third-order valence-corrected chi connectivity index (χ3v) is 3.16. The van der Waals surface area contributed by atoms with Crippen molar-refractivity contribution in [1.82, 2.24) is 9.97 Å². The van der Waals surface area contributed by atoms with Crippen LogP contribution in [0.5, 0.6) is 0 Å².